The molecule has 0 saturated carbocycles. The number of carbonyl (C=O) groups is 1. The molecular weight excluding hydrogens is 350 g/mol. The van der Waals surface area contributed by atoms with Crippen LogP contribution in [0.5, 0.6) is 0 Å². The summed E-state index contributed by atoms with van der Waals surface area (Å²) in [6, 6.07) is 10.5. The van der Waals surface area contributed by atoms with Crippen LogP contribution in [0.25, 0.3) is 21.9 Å². The lowest BCUT2D eigenvalue weighted by Crippen LogP contribution is -2.36. The molecule has 6 heteroatoms. The first-order valence-corrected chi connectivity index (χ1v) is 9.81. The Hall–Kier alpha value is -1.86. The number of carbonyl (C=O) groups excluding carboxylic acids is 1. The Labute approximate surface area is 155 Å². The number of benzene rings is 2. The number of fused-ring (bicyclic) bond motifs is 3. The van der Waals surface area contributed by atoms with Gasteiger partial charge < -0.3 is 18.9 Å². The third-order valence-corrected chi connectivity index (χ3v) is 5.51. The monoisotopic (exact) mass is 373 g/mol. The van der Waals surface area contributed by atoms with Crippen LogP contribution in [-0.4, -0.2) is 22.0 Å². The van der Waals surface area contributed by atoms with Gasteiger partial charge >= 0.3 is 0 Å². The number of aliphatic hydroxyl groups excluding tert-OH is 1. The van der Waals surface area contributed by atoms with Crippen LogP contribution in [0.4, 0.5) is 0 Å². The number of hydrogen-bond acceptors (Lipinski definition) is 5. The maximum absolute atomic E-state index is 12.6. The number of aliphatic hydroxyl groups is 1. The Morgan fingerprint density at radius 3 is 2.58 bits per heavy atom. The normalized spacial score (nSPS) is 15.5. The van der Waals surface area contributed by atoms with Crippen LogP contribution in [0.2, 0.25) is 0 Å². The zero-order valence-electron chi connectivity index (χ0n) is 15.1. The van der Waals surface area contributed by atoms with E-state index in [0.717, 1.165) is 22.6 Å². The molecule has 1 heterocycles. The van der Waals surface area contributed by atoms with E-state index in [-0.39, 0.29) is 0 Å². The van der Waals surface area contributed by atoms with Crippen molar-refractivity contribution in [3.8, 4) is 0 Å². The molecule has 3 aromatic rings. The van der Waals surface area contributed by atoms with Crippen molar-refractivity contribution >= 4 is 39.6 Å². The minimum Gasteiger partial charge on any atom is -0.593 e. The summed E-state index contributed by atoms with van der Waals surface area (Å²) in [6.45, 7) is 5.75. The number of nitrogens with one attached hydrogen (secondary N) is 1. The molecule has 0 aliphatic heterocycles. The van der Waals surface area contributed by atoms with E-state index in [1.807, 2.05) is 38.1 Å². The lowest BCUT2D eigenvalue weighted by molar-refractivity contribution is -0.109. The van der Waals surface area contributed by atoms with Crippen LogP contribution in [0, 0.1) is 5.92 Å². The molecule has 3 rings (SSSR count). The molecule has 3 unspecified atom stereocenters. The molecule has 2 N–H and O–H groups in total. The third kappa shape index (κ3) is 3.94. The summed E-state index contributed by atoms with van der Waals surface area (Å²) >= 11 is -1.49. The second kappa shape index (κ2) is 7.80. The third-order valence-electron chi connectivity index (χ3n) is 4.31. The smallest absolute Gasteiger partial charge is 0.174 e. The lowest BCUT2D eigenvalue weighted by Gasteiger charge is -2.16. The SMILES string of the molecule is CC(C)CC(C=O)N[S+]([O-])c1ccc2oc3cc(C(C)O)ccc3c2c1. The van der Waals surface area contributed by atoms with Crippen molar-refractivity contribution in [2.75, 3.05) is 0 Å². The Bertz CT molecular complexity index is 919. The van der Waals surface area contributed by atoms with Gasteiger partial charge in [-0.3, -0.25) is 0 Å². The molecule has 0 aliphatic carbocycles. The molecule has 0 amide bonds. The molecular formula is C20H23NO4S. The second-order valence-electron chi connectivity index (χ2n) is 6.95. The quantitative estimate of drug-likeness (QED) is 0.485. The van der Waals surface area contributed by atoms with Gasteiger partial charge in [-0.25, -0.2) is 0 Å². The van der Waals surface area contributed by atoms with Gasteiger partial charge in [0.1, 0.15) is 23.5 Å². The lowest BCUT2D eigenvalue weighted by atomic mass is 10.1. The van der Waals surface area contributed by atoms with E-state index >= 15 is 0 Å². The van der Waals surface area contributed by atoms with Gasteiger partial charge in [-0.15, -0.1) is 4.72 Å². The first kappa shape index (κ1) is 18.9. The summed E-state index contributed by atoms with van der Waals surface area (Å²) in [6.07, 6.45) is 0.872. The Morgan fingerprint density at radius 2 is 1.92 bits per heavy atom. The van der Waals surface area contributed by atoms with Gasteiger partial charge in [0.25, 0.3) is 0 Å². The van der Waals surface area contributed by atoms with Crippen LogP contribution in [-0.2, 0) is 16.2 Å². The van der Waals surface area contributed by atoms with Crippen molar-refractivity contribution in [1.29, 1.82) is 0 Å². The van der Waals surface area contributed by atoms with Crippen molar-refractivity contribution < 1.29 is 18.9 Å². The number of rotatable bonds is 7. The van der Waals surface area contributed by atoms with Gasteiger partial charge in [-0.05, 0) is 43.0 Å². The van der Waals surface area contributed by atoms with E-state index in [2.05, 4.69) is 4.72 Å². The highest BCUT2D eigenvalue weighted by Crippen LogP contribution is 2.32. The molecule has 3 atom stereocenters. The zero-order valence-corrected chi connectivity index (χ0v) is 15.9. The molecule has 26 heavy (non-hydrogen) atoms. The molecule has 0 spiro atoms. The molecule has 2 aromatic carbocycles. The first-order valence-electron chi connectivity index (χ1n) is 8.66. The maximum atomic E-state index is 12.6. The van der Waals surface area contributed by atoms with E-state index in [4.69, 9.17) is 4.42 Å². The highest BCUT2D eigenvalue weighted by molar-refractivity contribution is 7.89. The van der Waals surface area contributed by atoms with E-state index < -0.39 is 23.5 Å². The van der Waals surface area contributed by atoms with Gasteiger partial charge in [0.05, 0.1) is 17.5 Å². The van der Waals surface area contributed by atoms with Gasteiger partial charge in [-0.1, -0.05) is 26.0 Å². The molecule has 0 saturated heterocycles. The van der Waals surface area contributed by atoms with Crippen LogP contribution < -0.4 is 4.72 Å². The Morgan fingerprint density at radius 1 is 1.15 bits per heavy atom. The largest absolute Gasteiger partial charge is 0.593 e. The van der Waals surface area contributed by atoms with Crippen LogP contribution >= 0.6 is 0 Å². The van der Waals surface area contributed by atoms with E-state index in [9.17, 15) is 14.5 Å². The van der Waals surface area contributed by atoms with Crippen LogP contribution in [0.3, 0.4) is 0 Å². The van der Waals surface area contributed by atoms with Crippen LogP contribution in [0.1, 0.15) is 38.9 Å². The topological polar surface area (TPSA) is 85.5 Å². The molecule has 0 fully saturated rings. The average Bonchev–Trinajstić information content (AvgIpc) is 2.97. The minimum absolute atomic E-state index is 0.332. The summed E-state index contributed by atoms with van der Waals surface area (Å²) in [4.78, 5) is 11.8. The fraction of sp³-hybridized carbons (Fsp3) is 0.350. The molecule has 1 aromatic heterocycles. The fourth-order valence-corrected chi connectivity index (χ4v) is 3.97. The molecule has 138 valence electrons. The van der Waals surface area contributed by atoms with Crippen LogP contribution in [0.15, 0.2) is 45.7 Å². The Kier molecular flexibility index (Phi) is 5.67. The average molecular weight is 373 g/mol. The second-order valence-corrected chi connectivity index (χ2v) is 8.19. The van der Waals surface area contributed by atoms with E-state index in [0.29, 0.717) is 28.4 Å². The number of hydrogen-bond donors (Lipinski definition) is 2. The molecule has 0 bridgehead atoms. The predicted octanol–water partition coefficient (Wildman–Crippen LogP) is 3.87. The first-order chi connectivity index (χ1) is 12.4. The van der Waals surface area contributed by atoms with E-state index in [1.54, 1.807) is 19.1 Å². The molecule has 5 nitrogen and oxygen atoms in total. The van der Waals surface area contributed by atoms with Crippen molar-refractivity contribution in [2.45, 2.75) is 44.2 Å². The summed E-state index contributed by atoms with van der Waals surface area (Å²) in [5, 5.41) is 11.5. The van der Waals surface area contributed by atoms with Crippen molar-refractivity contribution in [3.63, 3.8) is 0 Å². The van der Waals surface area contributed by atoms with Gasteiger partial charge in [0.2, 0.25) is 0 Å². The van der Waals surface area contributed by atoms with Gasteiger partial charge in [0, 0.05) is 16.8 Å². The van der Waals surface area contributed by atoms with Crippen molar-refractivity contribution in [1.82, 2.24) is 4.72 Å². The summed E-state index contributed by atoms with van der Waals surface area (Å²) in [5.41, 5.74) is 2.15. The zero-order chi connectivity index (χ0) is 18.8. The highest BCUT2D eigenvalue weighted by Gasteiger charge is 2.20. The van der Waals surface area contributed by atoms with Crippen molar-refractivity contribution in [3.05, 3.63) is 42.0 Å². The molecule has 0 radical (unpaired) electrons. The van der Waals surface area contributed by atoms with Gasteiger partial charge in [0.15, 0.2) is 4.90 Å². The highest BCUT2D eigenvalue weighted by atomic mass is 32.2. The fourth-order valence-electron chi connectivity index (χ4n) is 2.99. The summed E-state index contributed by atoms with van der Waals surface area (Å²) in [7, 11) is 0. The van der Waals surface area contributed by atoms with Gasteiger partial charge in [-0.2, -0.15) is 0 Å². The molecule has 0 aliphatic rings. The maximum Gasteiger partial charge on any atom is 0.174 e. The minimum atomic E-state index is -1.49. The summed E-state index contributed by atoms with van der Waals surface area (Å²) in [5.74, 6) is 0.332. The summed E-state index contributed by atoms with van der Waals surface area (Å²) < 4.78 is 21.3. The Balaban J connectivity index is 1.92. The number of furan rings is 1. The number of aldehydes is 1. The predicted molar refractivity (Wildman–Crippen MR) is 103 cm³/mol. The van der Waals surface area contributed by atoms with E-state index in [1.165, 1.54) is 0 Å². The standard InChI is InChI=1S/C20H23NO4S/c1-12(2)8-15(11-22)21-26(24)16-5-7-19-18(10-16)17-6-4-14(13(3)23)9-20(17)25-19/h4-7,9-13,15,21,23H,8H2,1-3H3. The van der Waals surface area contributed by atoms with Crippen molar-refractivity contribution in [2.24, 2.45) is 5.92 Å².